The van der Waals surface area contributed by atoms with Crippen LogP contribution in [0.15, 0.2) is 39.5 Å². The van der Waals surface area contributed by atoms with Crippen LogP contribution >= 0.6 is 0 Å². The smallest absolute Gasteiger partial charge is 0.270 e. The van der Waals surface area contributed by atoms with Crippen molar-refractivity contribution in [1.82, 2.24) is 24.6 Å². The van der Waals surface area contributed by atoms with Gasteiger partial charge in [-0.1, -0.05) is 13.0 Å². The quantitative estimate of drug-likeness (QED) is 0.578. The lowest BCUT2D eigenvalue weighted by molar-refractivity contribution is 0.501. The Morgan fingerprint density at radius 2 is 2.00 bits per heavy atom. The van der Waals surface area contributed by atoms with Crippen molar-refractivity contribution in [2.24, 2.45) is 0 Å². The highest BCUT2D eigenvalue weighted by Crippen LogP contribution is 2.26. The van der Waals surface area contributed by atoms with Crippen molar-refractivity contribution in [3.8, 4) is 23.2 Å². The molecule has 0 aromatic carbocycles. The van der Waals surface area contributed by atoms with Crippen molar-refractivity contribution in [3.63, 3.8) is 0 Å². The summed E-state index contributed by atoms with van der Waals surface area (Å²) >= 11 is 0. The molecule has 0 radical (unpaired) electrons. The summed E-state index contributed by atoms with van der Waals surface area (Å²) in [7, 11) is 0. The maximum atomic E-state index is 5.76. The van der Waals surface area contributed by atoms with Gasteiger partial charge < -0.3 is 8.83 Å². The van der Waals surface area contributed by atoms with Crippen LogP contribution in [-0.4, -0.2) is 24.6 Å². The number of aromatic nitrogens is 5. The van der Waals surface area contributed by atoms with E-state index in [1.165, 1.54) is 6.26 Å². The lowest BCUT2D eigenvalue weighted by atomic mass is 10.3. The minimum atomic E-state index is 0.337. The molecule has 0 saturated heterocycles. The molecular formula is C15H13N5O2. The van der Waals surface area contributed by atoms with E-state index in [1.807, 2.05) is 42.6 Å². The lowest BCUT2D eigenvalue weighted by Crippen LogP contribution is -1.88. The van der Waals surface area contributed by atoms with Crippen molar-refractivity contribution in [2.75, 3.05) is 0 Å². The molecule has 4 heterocycles. The van der Waals surface area contributed by atoms with Gasteiger partial charge in [0.25, 0.3) is 11.8 Å². The highest BCUT2D eigenvalue weighted by atomic mass is 16.4. The minimum Gasteiger partial charge on any atom is -0.448 e. The molecule has 4 aromatic heterocycles. The van der Waals surface area contributed by atoms with Crippen molar-refractivity contribution < 1.29 is 8.83 Å². The van der Waals surface area contributed by atoms with E-state index in [1.54, 1.807) is 0 Å². The normalized spacial score (nSPS) is 11.4. The molecule has 0 bridgehead atoms. The molecule has 0 fully saturated rings. The first-order valence-electron chi connectivity index (χ1n) is 6.98. The van der Waals surface area contributed by atoms with E-state index in [4.69, 9.17) is 8.83 Å². The Bertz CT molecular complexity index is 950. The number of rotatable bonds is 3. The van der Waals surface area contributed by atoms with Gasteiger partial charge in [-0.15, -0.1) is 10.2 Å². The number of pyridine rings is 1. The van der Waals surface area contributed by atoms with E-state index in [0.29, 0.717) is 29.8 Å². The van der Waals surface area contributed by atoms with Crippen LogP contribution in [0.3, 0.4) is 0 Å². The van der Waals surface area contributed by atoms with Crippen LogP contribution in [0.25, 0.3) is 28.8 Å². The molecule has 0 aliphatic heterocycles. The first-order chi connectivity index (χ1) is 10.8. The van der Waals surface area contributed by atoms with Gasteiger partial charge in [0.1, 0.15) is 17.6 Å². The fourth-order valence-corrected chi connectivity index (χ4v) is 2.37. The van der Waals surface area contributed by atoms with Gasteiger partial charge in [0, 0.05) is 12.6 Å². The molecule has 110 valence electrons. The summed E-state index contributed by atoms with van der Waals surface area (Å²) in [5.41, 5.74) is 3.00. The third-order valence-electron chi connectivity index (χ3n) is 3.41. The standard InChI is InChI=1S/C15H13N5O2/c1-3-12-17-10(8-21-12)14-18-19-15(22-14)13-9(2)16-11-6-4-5-7-20(11)13/h4-8H,3H2,1-2H3. The highest BCUT2D eigenvalue weighted by molar-refractivity contribution is 5.60. The zero-order valence-electron chi connectivity index (χ0n) is 12.1. The fourth-order valence-electron chi connectivity index (χ4n) is 2.37. The van der Waals surface area contributed by atoms with E-state index in [-0.39, 0.29) is 0 Å². The zero-order chi connectivity index (χ0) is 15.1. The second-order valence-corrected chi connectivity index (χ2v) is 4.87. The van der Waals surface area contributed by atoms with Gasteiger partial charge in [-0.05, 0) is 19.1 Å². The Morgan fingerprint density at radius 3 is 2.82 bits per heavy atom. The second-order valence-electron chi connectivity index (χ2n) is 4.87. The summed E-state index contributed by atoms with van der Waals surface area (Å²) < 4.78 is 13.0. The van der Waals surface area contributed by atoms with Crippen molar-refractivity contribution in [2.45, 2.75) is 20.3 Å². The van der Waals surface area contributed by atoms with Crippen LogP contribution in [0.2, 0.25) is 0 Å². The Morgan fingerprint density at radius 1 is 1.14 bits per heavy atom. The molecule has 0 N–H and O–H groups in total. The molecule has 0 amide bonds. The summed E-state index contributed by atoms with van der Waals surface area (Å²) in [4.78, 5) is 8.78. The molecule has 4 aromatic rings. The molecule has 0 spiro atoms. The van der Waals surface area contributed by atoms with Gasteiger partial charge in [-0.25, -0.2) is 9.97 Å². The molecule has 0 saturated carbocycles. The molecule has 0 unspecified atom stereocenters. The molecular weight excluding hydrogens is 282 g/mol. The Balaban J connectivity index is 1.81. The maximum Gasteiger partial charge on any atom is 0.270 e. The number of fused-ring (bicyclic) bond motifs is 1. The number of nitrogens with zero attached hydrogens (tertiary/aromatic N) is 5. The molecule has 7 nitrogen and oxygen atoms in total. The Labute approximate surface area is 125 Å². The van der Waals surface area contributed by atoms with Gasteiger partial charge in [-0.3, -0.25) is 4.40 Å². The monoisotopic (exact) mass is 295 g/mol. The van der Waals surface area contributed by atoms with Crippen LogP contribution in [-0.2, 0) is 6.42 Å². The van der Waals surface area contributed by atoms with Crippen LogP contribution in [0.1, 0.15) is 18.5 Å². The fraction of sp³-hybridized carbons (Fsp3) is 0.200. The third kappa shape index (κ3) is 1.90. The largest absolute Gasteiger partial charge is 0.448 e. The number of hydrogen-bond donors (Lipinski definition) is 0. The van der Waals surface area contributed by atoms with E-state index in [2.05, 4.69) is 20.2 Å². The Hall–Kier alpha value is -2.96. The van der Waals surface area contributed by atoms with E-state index in [9.17, 15) is 0 Å². The lowest BCUT2D eigenvalue weighted by Gasteiger charge is -1.96. The molecule has 0 atom stereocenters. The summed E-state index contributed by atoms with van der Waals surface area (Å²) in [6.07, 6.45) is 4.16. The van der Waals surface area contributed by atoms with Crippen molar-refractivity contribution in [1.29, 1.82) is 0 Å². The van der Waals surface area contributed by atoms with Crippen molar-refractivity contribution in [3.05, 3.63) is 42.2 Å². The van der Waals surface area contributed by atoms with Gasteiger partial charge in [0.05, 0.1) is 5.69 Å². The average molecular weight is 295 g/mol. The molecule has 0 aliphatic rings. The van der Waals surface area contributed by atoms with E-state index in [0.717, 1.165) is 17.0 Å². The average Bonchev–Trinajstić information content (AvgIpc) is 3.23. The molecule has 0 aliphatic carbocycles. The van der Waals surface area contributed by atoms with Gasteiger partial charge in [0.15, 0.2) is 11.6 Å². The Kier molecular flexibility index (Phi) is 2.78. The summed E-state index contributed by atoms with van der Waals surface area (Å²) in [5, 5.41) is 8.18. The SMILES string of the molecule is CCc1nc(-c2nnc(-c3c(C)nc4ccccn34)o2)co1. The topological polar surface area (TPSA) is 82.2 Å². The minimum absolute atomic E-state index is 0.337. The molecule has 4 rings (SSSR count). The maximum absolute atomic E-state index is 5.76. The van der Waals surface area contributed by atoms with Crippen LogP contribution in [0, 0.1) is 6.92 Å². The number of oxazole rings is 1. The zero-order valence-corrected chi connectivity index (χ0v) is 12.1. The number of imidazole rings is 1. The van der Waals surface area contributed by atoms with E-state index >= 15 is 0 Å². The highest BCUT2D eigenvalue weighted by Gasteiger charge is 2.19. The second kappa shape index (κ2) is 4.80. The first kappa shape index (κ1) is 12.8. The summed E-state index contributed by atoms with van der Waals surface area (Å²) in [5.74, 6) is 1.39. The van der Waals surface area contributed by atoms with Crippen molar-refractivity contribution >= 4 is 5.65 Å². The molecule has 22 heavy (non-hydrogen) atoms. The first-order valence-corrected chi connectivity index (χ1v) is 6.98. The van der Waals surface area contributed by atoms with Gasteiger partial charge in [0.2, 0.25) is 0 Å². The van der Waals surface area contributed by atoms with Crippen LogP contribution in [0.5, 0.6) is 0 Å². The summed E-state index contributed by atoms with van der Waals surface area (Å²) in [6.45, 7) is 3.88. The summed E-state index contributed by atoms with van der Waals surface area (Å²) in [6, 6.07) is 5.80. The number of hydrogen-bond acceptors (Lipinski definition) is 6. The van der Waals surface area contributed by atoms with Crippen LogP contribution in [0.4, 0.5) is 0 Å². The predicted octanol–water partition coefficient (Wildman–Crippen LogP) is 2.91. The van der Waals surface area contributed by atoms with Crippen LogP contribution < -0.4 is 0 Å². The van der Waals surface area contributed by atoms with Gasteiger partial charge in [-0.2, -0.15) is 0 Å². The number of aryl methyl sites for hydroxylation is 2. The molecule has 7 heteroatoms. The van der Waals surface area contributed by atoms with Gasteiger partial charge >= 0.3 is 0 Å². The predicted molar refractivity (Wildman–Crippen MR) is 78.1 cm³/mol. The third-order valence-corrected chi connectivity index (χ3v) is 3.41. The van der Waals surface area contributed by atoms with E-state index < -0.39 is 0 Å².